The number of aryl methyl sites for hydroxylation is 1. The second-order valence-corrected chi connectivity index (χ2v) is 13.2. The summed E-state index contributed by atoms with van der Waals surface area (Å²) in [7, 11) is -4.80. The van der Waals surface area contributed by atoms with Gasteiger partial charge in [0.2, 0.25) is 15.0 Å². The molecule has 10 nitrogen and oxygen atoms in total. The molecule has 1 atom stereocenters. The molecule has 1 aliphatic rings. The summed E-state index contributed by atoms with van der Waals surface area (Å²) in [6, 6.07) is 3.56. The SMILES string of the molecule is CCC(CC)N1c2cc(NS(=O)(=O)CC(F)(F)F)c(N=Nc3nnc(C(=O)OC(C)(C)C)s3)cc2CCC1CC. The molecule has 0 amide bonds. The van der Waals surface area contributed by atoms with E-state index in [1.165, 1.54) is 0 Å². The van der Waals surface area contributed by atoms with Crippen molar-refractivity contribution in [2.24, 2.45) is 10.2 Å². The van der Waals surface area contributed by atoms with Gasteiger partial charge in [-0.1, -0.05) is 32.1 Å². The summed E-state index contributed by atoms with van der Waals surface area (Å²) in [4.78, 5) is 14.5. The third kappa shape index (κ3) is 8.35. The van der Waals surface area contributed by atoms with Crippen LogP contribution in [0.1, 0.15) is 82.6 Å². The van der Waals surface area contributed by atoms with E-state index in [9.17, 15) is 26.4 Å². The Morgan fingerprint density at radius 1 is 1.18 bits per heavy atom. The molecule has 0 aliphatic carbocycles. The van der Waals surface area contributed by atoms with E-state index in [1.54, 1.807) is 32.9 Å². The first-order valence-corrected chi connectivity index (χ1v) is 15.5. The van der Waals surface area contributed by atoms with Gasteiger partial charge in [0.1, 0.15) is 11.3 Å². The van der Waals surface area contributed by atoms with Gasteiger partial charge in [-0.3, -0.25) is 4.72 Å². The van der Waals surface area contributed by atoms with Crippen LogP contribution in [0.5, 0.6) is 0 Å². The van der Waals surface area contributed by atoms with Crippen molar-refractivity contribution >= 4 is 49.5 Å². The van der Waals surface area contributed by atoms with Gasteiger partial charge in [-0.2, -0.15) is 13.2 Å². The van der Waals surface area contributed by atoms with Crippen LogP contribution in [0.2, 0.25) is 0 Å². The highest BCUT2D eigenvalue weighted by molar-refractivity contribution is 7.92. The largest absolute Gasteiger partial charge is 0.455 e. The smallest absolute Gasteiger partial charge is 0.404 e. The third-order valence-electron chi connectivity index (χ3n) is 6.27. The molecule has 1 aliphatic heterocycles. The fourth-order valence-corrected chi connectivity index (χ4v) is 6.18. The monoisotopic (exact) mass is 604 g/mol. The summed E-state index contributed by atoms with van der Waals surface area (Å²) in [6.45, 7) is 11.3. The van der Waals surface area contributed by atoms with Crippen LogP contribution in [0.4, 0.5) is 35.4 Å². The lowest BCUT2D eigenvalue weighted by molar-refractivity contribution is -0.106. The third-order valence-corrected chi connectivity index (χ3v) is 8.30. The van der Waals surface area contributed by atoms with Gasteiger partial charge in [-0.05, 0) is 70.6 Å². The van der Waals surface area contributed by atoms with E-state index in [0.29, 0.717) is 6.42 Å². The first-order chi connectivity index (χ1) is 18.6. The van der Waals surface area contributed by atoms with Crippen LogP contribution in [0.25, 0.3) is 0 Å². The number of carbonyl (C=O) groups excluding carboxylic acids is 1. The van der Waals surface area contributed by atoms with Gasteiger partial charge in [0.15, 0.2) is 5.75 Å². The van der Waals surface area contributed by atoms with Crippen molar-refractivity contribution in [3.8, 4) is 0 Å². The molecule has 0 saturated heterocycles. The average Bonchev–Trinajstić information content (AvgIpc) is 3.30. The summed E-state index contributed by atoms with van der Waals surface area (Å²) in [5.74, 6) is -2.73. The van der Waals surface area contributed by atoms with Crippen molar-refractivity contribution in [3.63, 3.8) is 0 Å². The van der Waals surface area contributed by atoms with Crippen LogP contribution in [0, 0.1) is 0 Å². The van der Waals surface area contributed by atoms with Crippen LogP contribution in [-0.4, -0.2) is 54.2 Å². The maximum Gasteiger partial charge on any atom is 0.404 e. The molecule has 0 bridgehead atoms. The molecule has 40 heavy (non-hydrogen) atoms. The minimum absolute atomic E-state index is 0.00705. The van der Waals surface area contributed by atoms with Crippen molar-refractivity contribution in [3.05, 3.63) is 22.7 Å². The average molecular weight is 605 g/mol. The van der Waals surface area contributed by atoms with Crippen LogP contribution in [-0.2, 0) is 21.2 Å². The molecule has 0 saturated carbocycles. The number of ether oxygens (including phenoxy) is 1. The van der Waals surface area contributed by atoms with Crippen molar-refractivity contribution in [2.75, 3.05) is 15.4 Å². The molecule has 1 N–H and O–H groups in total. The van der Waals surface area contributed by atoms with E-state index in [2.05, 4.69) is 50.8 Å². The molecule has 0 fully saturated rings. The first-order valence-electron chi connectivity index (χ1n) is 13.1. The van der Waals surface area contributed by atoms with Gasteiger partial charge in [0, 0.05) is 17.8 Å². The number of alkyl halides is 3. The summed E-state index contributed by atoms with van der Waals surface area (Å²) in [6.07, 6.45) is -0.819. The van der Waals surface area contributed by atoms with Gasteiger partial charge < -0.3 is 9.64 Å². The topological polar surface area (TPSA) is 126 Å². The molecule has 2 heterocycles. The van der Waals surface area contributed by atoms with Gasteiger partial charge in [0.25, 0.3) is 5.13 Å². The zero-order valence-electron chi connectivity index (χ0n) is 23.4. The van der Waals surface area contributed by atoms with Crippen molar-refractivity contribution < 1.29 is 31.1 Å². The number of azo groups is 1. The molecular formula is C25H35F3N6O4S2. The Balaban J connectivity index is 2.05. The van der Waals surface area contributed by atoms with Gasteiger partial charge >= 0.3 is 12.1 Å². The Hall–Kier alpha value is -2.81. The van der Waals surface area contributed by atoms with Crippen LogP contribution in [0.15, 0.2) is 22.4 Å². The molecule has 0 spiro atoms. The second kappa shape index (κ2) is 12.4. The minimum Gasteiger partial charge on any atom is -0.455 e. The van der Waals surface area contributed by atoms with E-state index in [4.69, 9.17) is 4.74 Å². The van der Waals surface area contributed by atoms with Crippen LogP contribution in [0.3, 0.4) is 0 Å². The lowest BCUT2D eigenvalue weighted by Gasteiger charge is -2.44. The predicted octanol–water partition coefficient (Wildman–Crippen LogP) is 6.93. The number of fused-ring (bicyclic) bond motifs is 1. The molecule has 2 aromatic rings. The van der Waals surface area contributed by atoms with E-state index in [0.717, 1.165) is 48.3 Å². The number of aromatic nitrogens is 2. The minimum atomic E-state index is -4.93. The highest BCUT2D eigenvalue weighted by Crippen LogP contribution is 2.42. The number of hydrogen-bond acceptors (Lipinski definition) is 10. The van der Waals surface area contributed by atoms with Crippen molar-refractivity contribution in [1.29, 1.82) is 0 Å². The van der Waals surface area contributed by atoms with E-state index < -0.39 is 33.5 Å². The first kappa shape index (κ1) is 31.7. The molecule has 1 aromatic carbocycles. The lowest BCUT2D eigenvalue weighted by Crippen LogP contribution is -2.45. The summed E-state index contributed by atoms with van der Waals surface area (Å²) in [5, 5.41) is 15.6. The number of benzene rings is 1. The van der Waals surface area contributed by atoms with E-state index in [1.807, 2.05) is 0 Å². The number of carbonyl (C=O) groups is 1. The molecule has 3 rings (SSSR count). The Kier molecular flexibility index (Phi) is 9.81. The predicted molar refractivity (Wildman–Crippen MR) is 148 cm³/mol. The molecule has 1 aromatic heterocycles. The normalized spacial score (nSPS) is 16.4. The van der Waals surface area contributed by atoms with Gasteiger partial charge in [-0.25, -0.2) is 13.2 Å². The standard InChI is InChI=1S/C25H35F3N6O4S2/c1-7-16(8-2)34-17(9-3)11-10-15-12-18(19(13-20(15)34)33-40(36,37)14-25(26,27)28)29-31-23-32-30-21(39-23)22(35)38-24(4,5)6/h12-13,16-17,33H,7-11,14H2,1-6H3. The highest BCUT2D eigenvalue weighted by atomic mass is 32.2. The Labute approximate surface area is 236 Å². The number of anilines is 2. The molecule has 1 unspecified atom stereocenters. The quantitative estimate of drug-likeness (QED) is 0.230. The highest BCUT2D eigenvalue weighted by Gasteiger charge is 2.36. The van der Waals surface area contributed by atoms with Crippen LogP contribution >= 0.6 is 11.3 Å². The number of nitrogens with zero attached hydrogens (tertiary/aromatic N) is 5. The zero-order chi connectivity index (χ0) is 29.9. The molecular weight excluding hydrogens is 569 g/mol. The fourth-order valence-electron chi connectivity index (χ4n) is 4.64. The molecule has 222 valence electrons. The number of halogens is 3. The fraction of sp³-hybridized carbons (Fsp3) is 0.640. The number of nitrogens with one attached hydrogen (secondary N) is 1. The maximum atomic E-state index is 13.0. The number of esters is 1. The zero-order valence-corrected chi connectivity index (χ0v) is 25.0. The van der Waals surface area contributed by atoms with Crippen molar-refractivity contribution in [2.45, 2.75) is 97.5 Å². The molecule has 15 heteroatoms. The summed E-state index contributed by atoms with van der Waals surface area (Å²) in [5.41, 5.74) is 0.804. The number of hydrogen-bond donors (Lipinski definition) is 1. The molecule has 0 radical (unpaired) electrons. The van der Waals surface area contributed by atoms with Gasteiger partial charge in [-0.15, -0.1) is 20.4 Å². The Bertz CT molecular complexity index is 1330. The van der Waals surface area contributed by atoms with Crippen molar-refractivity contribution in [1.82, 2.24) is 10.2 Å². The van der Waals surface area contributed by atoms with Gasteiger partial charge in [0.05, 0.1) is 5.69 Å². The lowest BCUT2D eigenvalue weighted by atomic mass is 9.90. The summed E-state index contributed by atoms with van der Waals surface area (Å²) < 4.78 is 71.3. The summed E-state index contributed by atoms with van der Waals surface area (Å²) >= 11 is 0.817. The Morgan fingerprint density at radius 2 is 1.85 bits per heavy atom. The van der Waals surface area contributed by atoms with E-state index in [-0.39, 0.29) is 33.6 Å². The maximum absolute atomic E-state index is 13.0. The Morgan fingerprint density at radius 3 is 2.42 bits per heavy atom. The number of rotatable bonds is 10. The number of sulfonamides is 1. The second-order valence-electron chi connectivity index (χ2n) is 10.5. The van der Waals surface area contributed by atoms with E-state index >= 15 is 0 Å². The van der Waals surface area contributed by atoms with Crippen LogP contribution < -0.4 is 9.62 Å².